The second kappa shape index (κ2) is 7.68. The zero-order valence-electron chi connectivity index (χ0n) is 14.0. The Morgan fingerprint density at radius 2 is 1.88 bits per heavy atom. The number of halogens is 1. The maximum absolute atomic E-state index is 12.6. The molecule has 0 atom stereocenters. The SMILES string of the molecule is Cc1cccc(C)c1NC(=O)c1cccc(NCc2cnc(Cl)s2)c1. The Hall–Kier alpha value is -2.37. The number of hydrogen-bond donors (Lipinski definition) is 2. The van der Waals surface area contributed by atoms with Gasteiger partial charge in [-0.05, 0) is 43.2 Å². The fourth-order valence-corrected chi connectivity index (χ4v) is 3.44. The average molecular weight is 372 g/mol. The summed E-state index contributed by atoms with van der Waals surface area (Å²) in [6.07, 6.45) is 1.75. The molecule has 1 aromatic heterocycles. The molecule has 0 aliphatic heterocycles. The molecule has 128 valence electrons. The number of nitrogens with one attached hydrogen (secondary N) is 2. The van der Waals surface area contributed by atoms with Gasteiger partial charge in [-0.15, -0.1) is 11.3 Å². The van der Waals surface area contributed by atoms with E-state index in [-0.39, 0.29) is 5.91 Å². The van der Waals surface area contributed by atoms with Gasteiger partial charge in [0.05, 0.1) is 6.54 Å². The number of anilines is 2. The third-order valence-electron chi connectivity index (χ3n) is 3.84. The predicted octanol–water partition coefficient (Wildman–Crippen LogP) is 5.28. The van der Waals surface area contributed by atoms with Gasteiger partial charge in [-0.1, -0.05) is 35.9 Å². The maximum atomic E-state index is 12.6. The van der Waals surface area contributed by atoms with Crippen LogP contribution in [0.15, 0.2) is 48.7 Å². The lowest BCUT2D eigenvalue weighted by Gasteiger charge is -2.12. The topological polar surface area (TPSA) is 54.0 Å². The first-order chi connectivity index (χ1) is 12.0. The van der Waals surface area contributed by atoms with Crippen molar-refractivity contribution in [2.24, 2.45) is 0 Å². The Kier molecular flexibility index (Phi) is 5.36. The quantitative estimate of drug-likeness (QED) is 0.641. The van der Waals surface area contributed by atoms with E-state index in [0.717, 1.165) is 27.4 Å². The number of benzene rings is 2. The number of thiazole rings is 1. The molecule has 0 bridgehead atoms. The van der Waals surface area contributed by atoms with Crippen LogP contribution in [0.25, 0.3) is 0 Å². The van der Waals surface area contributed by atoms with E-state index in [4.69, 9.17) is 11.6 Å². The van der Waals surface area contributed by atoms with E-state index < -0.39 is 0 Å². The molecule has 1 heterocycles. The van der Waals surface area contributed by atoms with E-state index in [9.17, 15) is 4.79 Å². The Morgan fingerprint density at radius 1 is 1.16 bits per heavy atom. The van der Waals surface area contributed by atoms with Gasteiger partial charge >= 0.3 is 0 Å². The normalized spacial score (nSPS) is 10.5. The minimum absolute atomic E-state index is 0.123. The van der Waals surface area contributed by atoms with Crippen LogP contribution in [0.5, 0.6) is 0 Å². The van der Waals surface area contributed by atoms with E-state index in [0.29, 0.717) is 16.6 Å². The van der Waals surface area contributed by atoms with Gasteiger partial charge < -0.3 is 10.6 Å². The summed E-state index contributed by atoms with van der Waals surface area (Å²) in [4.78, 5) is 17.6. The van der Waals surface area contributed by atoms with Crippen LogP contribution in [0.2, 0.25) is 4.47 Å². The fraction of sp³-hybridized carbons (Fsp3) is 0.158. The summed E-state index contributed by atoms with van der Waals surface area (Å²) in [7, 11) is 0. The van der Waals surface area contributed by atoms with E-state index in [2.05, 4.69) is 15.6 Å². The molecule has 3 rings (SSSR count). The number of carbonyl (C=O) groups excluding carboxylic acids is 1. The molecule has 0 saturated heterocycles. The summed E-state index contributed by atoms with van der Waals surface area (Å²) in [6, 6.07) is 13.4. The van der Waals surface area contributed by atoms with Crippen LogP contribution in [0, 0.1) is 13.8 Å². The van der Waals surface area contributed by atoms with Crippen molar-refractivity contribution in [3.8, 4) is 0 Å². The van der Waals surface area contributed by atoms with E-state index in [1.165, 1.54) is 11.3 Å². The summed E-state index contributed by atoms with van der Waals surface area (Å²) < 4.78 is 0.526. The molecule has 0 fully saturated rings. The maximum Gasteiger partial charge on any atom is 0.255 e. The van der Waals surface area contributed by atoms with Crippen LogP contribution in [0.1, 0.15) is 26.4 Å². The summed E-state index contributed by atoms with van der Waals surface area (Å²) in [5.41, 5.74) is 4.44. The second-order valence-electron chi connectivity index (χ2n) is 5.73. The second-order valence-corrected chi connectivity index (χ2v) is 7.43. The first-order valence-electron chi connectivity index (χ1n) is 7.84. The molecule has 3 aromatic rings. The van der Waals surface area contributed by atoms with Crippen LogP contribution < -0.4 is 10.6 Å². The van der Waals surface area contributed by atoms with Crippen molar-refractivity contribution in [1.29, 1.82) is 0 Å². The van der Waals surface area contributed by atoms with Crippen molar-refractivity contribution in [1.82, 2.24) is 4.98 Å². The van der Waals surface area contributed by atoms with Crippen molar-refractivity contribution in [3.05, 3.63) is 74.7 Å². The van der Waals surface area contributed by atoms with Gasteiger partial charge in [0.15, 0.2) is 4.47 Å². The summed E-state index contributed by atoms with van der Waals surface area (Å²) in [6.45, 7) is 4.59. The molecule has 0 aliphatic carbocycles. The average Bonchev–Trinajstić information content (AvgIpc) is 3.02. The smallest absolute Gasteiger partial charge is 0.255 e. The van der Waals surface area contributed by atoms with Crippen molar-refractivity contribution in [2.45, 2.75) is 20.4 Å². The van der Waals surface area contributed by atoms with Gasteiger partial charge in [0.25, 0.3) is 5.91 Å². The van der Waals surface area contributed by atoms with Crippen LogP contribution >= 0.6 is 22.9 Å². The van der Waals surface area contributed by atoms with Crippen molar-refractivity contribution < 1.29 is 4.79 Å². The zero-order valence-corrected chi connectivity index (χ0v) is 15.5. The van der Waals surface area contributed by atoms with Gasteiger partial charge in [-0.25, -0.2) is 4.98 Å². The van der Waals surface area contributed by atoms with E-state index in [1.54, 1.807) is 12.3 Å². The zero-order chi connectivity index (χ0) is 17.8. The summed E-state index contributed by atoms with van der Waals surface area (Å²) in [5.74, 6) is -0.123. The van der Waals surface area contributed by atoms with E-state index in [1.807, 2.05) is 50.2 Å². The first-order valence-corrected chi connectivity index (χ1v) is 9.04. The molecule has 25 heavy (non-hydrogen) atoms. The van der Waals surface area contributed by atoms with Crippen LogP contribution in [-0.2, 0) is 6.54 Å². The highest BCUT2D eigenvalue weighted by atomic mass is 35.5. The minimum Gasteiger partial charge on any atom is -0.380 e. The Morgan fingerprint density at radius 3 is 2.56 bits per heavy atom. The molecule has 2 aromatic carbocycles. The molecule has 2 N–H and O–H groups in total. The molecule has 0 unspecified atom stereocenters. The molecule has 0 saturated carbocycles. The minimum atomic E-state index is -0.123. The molecule has 6 heteroatoms. The first kappa shape index (κ1) is 17.5. The molecule has 1 amide bonds. The number of rotatable bonds is 5. The highest BCUT2D eigenvalue weighted by Gasteiger charge is 2.10. The third-order valence-corrected chi connectivity index (χ3v) is 4.95. The Balaban J connectivity index is 1.71. The predicted molar refractivity (Wildman–Crippen MR) is 105 cm³/mol. The number of amides is 1. The highest BCUT2D eigenvalue weighted by Crippen LogP contribution is 2.22. The number of para-hydroxylation sites is 1. The lowest BCUT2D eigenvalue weighted by Crippen LogP contribution is -2.14. The highest BCUT2D eigenvalue weighted by molar-refractivity contribution is 7.15. The number of nitrogens with zero attached hydrogens (tertiary/aromatic N) is 1. The summed E-state index contributed by atoms with van der Waals surface area (Å²) >= 11 is 7.27. The standard InChI is InChI=1S/C19H18ClN3OS/c1-12-5-3-6-13(2)17(12)23-18(24)14-7-4-8-15(9-14)21-10-16-11-22-19(20)25-16/h3-9,11,21H,10H2,1-2H3,(H,23,24). The van der Waals surface area contributed by atoms with Crippen LogP contribution in [0.4, 0.5) is 11.4 Å². The van der Waals surface area contributed by atoms with Crippen molar-refractivity contribution in [3.63, 3.8) is 0 Å². The number of carbonyl (C=O) groups is 1. The van der Waals surface area contributed by atoms with Gasteiger partial charge in [-0.3, -0.25) is 4.79 Å². The lowest BCUT2D eigenvalue weighted by atomic mass is 10.1. The number of hydrogen-bond acceptors (Lipinski definition) is 4. The summed E-state index contributed by atoms with van der Waals surface area (Å²) in [5, 5.41) is 6.29. The molecule has 0 spiro atoms. The van der Waals surface area contributed by atoms with Crippen LogP contribution in [-0.4, -0.2) is 10.9 Å². The number of aromatic nitrogens is 1. The van der Waals surface area contributed by atoms with Gasteiger partial charge in [0.1, 0.15) is 0 Å². The van der Waals surface area contributed by atoms with Gasteiger partial charge in [-0.2, -0.15) is 0 Å². The molecule has 4 nitrogen and oxygen atoms in total. The van der Waals surface area contributed by atoms with E-state index >= 15 is 0 Å². The molecule has 0 aliphatic rings. The largest absolute Gasteiger partial charge is 0.380 e. The fourth-order valence-electron chi connectivity index (χ4n) is 2.52. The Bertz CT molecular complexity index is 887. The molecular formula is C19H18ClN3OS. The monoisotopic (exact) mass is 371 g/mol. The van der Waals surface area contributed by atoms with Crippen LogP contribution in [0.3, 0.4) is 0 Å². The lowest BCUT2D eigenvalue weighted by molar-refractivity contribution is 0.102. The third kappa shape index (κ3) is 4.38. The van der Waals surface area contributed by atoms with Gasteiger partial charge in [0, 0.05) is 28.0 Å². The van der Waals surface area contributed by atoms with Gasteiger partial charge in [0.2, 0.25) is 0 Å². The van der Waals surface area contributed by atoms with Crippen molar-refractivity contribution in [2.75, 3.05) is 10.6 Å². The molecular weight excluding hydrogens is 354 g/mol. The van der Waals surface area contributed by atoms with Crippen molar-refractivity contribution >= 4 is 40.2 Å². The molecule has 0 radical (unpaired) electrons. The number of aryl methyl sites for hydroxylation is 2. The Labute approximate surface area is 155 Å².